The Balaban J connectivity index is 2.50. The van der Waals surface area contributed by atoms with Gasteiger partial charge in [-0.05, 0) is 12.5 Å². The lowest BCUT2D eigenvalue weighted by atomic mass is 10.0. The number of allylic oxidation sites excluding steroid dienone is 4. The molecule has 1 heterocycles. The largest absolute Gasteiger partial charge is 0.439 e. The predicted molar refractivity (Wildman–Crippen MR) is 62.4 cm³/mol. The van der Waals surface area contributed by atoms with Crippen molar-refractivity contribution in [1.29, 1.82) is 0 Å². The molecule has 0 aliphatic heterocycles. The molecule has 1 N–H and O–H groups in total. The van der Waals surface area contributed by atoms with Gasteiger partial charge in [0.05, 0.1) is 4.92 Å². The fraction of sp³-hybridized carbons (Fsp3) is 0.300. The monoisotopic (exact) mass is 291 g/mol. The Labute approximate surface area is 110 Å². The zero-order valence-corrected chi connectivity index (χ0v) is 10.2. The highest BCUT2D eigenvalue weighted by atomic mass is 35.5. The normalized spacial score (nSPS) is 15.7. The zero-order chi connectivity index (χ0) is 14.0. The van der Waals surface area contributed by atoms with Crippen molar-refractivity contribution in [3.05, 3.63) is 38.9 Å². The lowest BCUT2D eigenvalue weighted by Gasteiger charge is -2.17. The van der Waals surface area contributed by atoms with E-state index in [1.165, 1.54) is 6.08 Å². The van der Waals surface area contributed by atoms with Crippen LogP contribution in [0.25, 0.3) is 5.57 Å². The second kappa shape index (κ2) is 5.35. The molecule has 0 saturated heterocycles. The minimum atomic E-state index is -3.00. The van der Waals surface area contributed by atoms with Crippen LogP contribution >= 0.6 is 11.6 Å². The number of alkyl halides is 2. The number of halogens is 3. The molecule has 0 saturated carbocycles. The molecule has 0 unspecified atom stereocenters. The average Bonchev–Trinajstić information content (AvgIpc) is 2.79. The number of nitrogens with zero attached hydrogens (tertiary/aromatic N) is 2. The van der Waals surface area contributed by atoms with Crippen LogP contribution in [0.5, 0.6) is 0 Å². The lowest BCUT2D eigenvalue weighted by molar-refractivity contribution is -0.385. The Morgan fingerprint density at radius 3 is 2.89 bits per heavy atom. The second-order valence-electron chi connectivity index (χ2n) is 3.69. The van der Waals surface area contributed by atoms with Crippen LogP contribution in [0, 0.1) is 10.1 Å². The van der Waals surface area contributed by atoms with Crippen LogP contribution in [0.1, 0.15) is 18.5 Å². The fourth-order valence-corrected chi connectivity index (χ4v) is 1.94. The molecule has 0 bridgehead atoms. The van der Waals surface area contributed by atoms with E-state index in [1.54, 1.807) is 0 Å². The molecule has 2 rings (SSSR count). The van der Waals surface area contributed by atoms with Gasteiger partial charge in [-0.3, -0.25) is 15.2 Å². The molecule has 1 aromatic heterocycles. The number of nitrogens with one attached hydrogen (secondary N) is 1. The van der Waals surface area contributed by atoms with Crippen LogP contribution in [-0.2, 0) is 4.74 Å². The van der Waals surface area contributed by atoms with Gasteiger partial charge in [0, 0.05) is 17.0 Å². The summed E-state index contributed by atoms with van der Waals surface area (Å²) in [6.07, 6.45) is 2.85. The summed E-state index contributed by atoms with van der Waals surface area (Å²) in [7, 11) is 0. The van der Waals surface area contributed by atoms with Gasteiger partial charge < -0.3 is 4.74 Å². The molecule has 0 atom stereocenters. The summed E-state index contributed by atoms with van der Waals surface area (Å²) in [6, 6.07) is 0. The smallest absolute Gasteiger partial charge is 0.387 e. The first-order valence-corrected chi connectivity index (χ1v) is 5.59. The summed E-state index contributed by atoms with van der Waals surface area (Å²) in [4.78, 5) is 10.2. The van der Waals surface area contributed by atoms with Crippen molar-refractivity contribution >= 4 is 22.9 Å². The van der Waals surface area contributed by atoms with Crippen molar-refractivity contribution in [2.75, 3.05) is 0 Å². The van der Waals surface area contributed by atoms with E-state index >= 15 is 0 Å². The topological polar surface area (TPSA) is 81.0 Å². The number of H-pyrrole nitrogens is 1. The van der Waals surface area contributed by atoms with Gasteiger partial charge in [0.25, 0.3) is 0 Å². The van der Waals surface area contributed by atoms with E-state index in [1.807, 2.05) is 0 Å². The number of nitro groups is 1. The molecule has 0 spiro atoms. The lowest BCUT2D eigenvalue weighted by Crippen LogP contribution is -2.06. The van der Waals surface area contributed by atoms with E-state index in [2.05, 4.69) is 14.9 Å². The van der Waals surface area contributed by atoms with Crippen LogP contribution < -0.4 is 0 Å². The van der Waals surface area contributed by atoms with Gasteiger partial charge >= 0.3 is 12.3 Å². The molecular formula is C10H8ClF2N3O3. The van der Waals surface area contributed by atoms with Gasteiger partial charge in [0.15, 0.2) is 0 Å². The third kappa shape index (κ3) is 2.90. The maximum absolute atomic E-state index is 12.3. The summed E-state index contributed by atoms with van der Waals surface area (Å²) in [5.41, 5.74) is -0.202. The van der Waals surface area contributed by atoms with Crippen molar-refractivity contribution in [1.82, 2.24) is 10.2 Å². The molecule has 9 heteroatoms. The fourth-order valence-electron chi connectivity index (χ4n) is 1.73. The van der Waals surface area contributed by atoms with Gasteiger partial charge in [-0.15, -0.1) is 0 Å². The van der Waals surface area contributed by atoms with Gasteiger partial charge in [0.1, 0.15) is 17.6 Å². The first-order valence-electron chi connectivity index (χ1n) is 5.21. The molecule has 102 valence electrons. The van der Waals surface area contributed by atoms with Gasteiger partial charge in [0.2, 0.25) is 0 Å². The van der Waals surface area contributed by atoms with Gasteiger partial charge in [-0.25, -0.2) is 0 Å². The minimum absolute atomic E-state index is 0.00139. The predicted octanol–water partition coefficient (Wildman–Crippen LogP) is 3.18. The summed E-state index contributed by atoms with van der Waals surface area (Å²) in [5, 5.41) is 17.2. The third-order valence-corrected chi connectivity index (χ3v) is 2.81. The molecule has 1 aliphatic rings. The molecule has 0 fully saturated rings. The standard InChI is InChI=1S/C10H8ClF2N3O3/c11-5-1-2-8(19-10(12)13)6(3-5)9-7(16(17)18)4-14-15-9/h3-4,10H,1-2H2,(H,14,15). The quantitative estimate of drug-likeness (QED) is 0.682. The molecule has 1 aromatic rings. The van der Waals surface area contributed by atoms with E-state index in [4.69, 9.17) is 11.6 Å². The third-order valence-electron chi connectivity index (χ3n) is 2.51. The number of ether oxygens (including phenoxy) is 1. The molecular weight excluding hydrogens is 284 g/mol. The molecule has 19 heavy (non-hydrogen) atoms. The average molecular weight is 292 g/mol. The van der Waals surface area contributed by atoms with Crippen LogP contribution in [-0.4, -0.2) is 21.7 Å². The van der Waals surface area contributed by atoms with Crippen molar-refractivity contribution in [2.24, 2.45) is 0 Å². The Bertz CT molecular complexity index is 568. The number of aromatic amines is 1. The number of hydrogen-bond acceptors (Lipinski definition) is 4. The van der Waals surface area contributed by atoms with Crippen LogP contribution in [0.15, 0.2) is 23.1 Å². The number of hydrogen-bond donors (Lipinski definition) is 1. The Hall–Kier alpha value is -1.96. The summed E-state index contributed by atoms with van der Waals surface area (Å²) >= 11 is 5.84. The molecule has 0 aromatic carbocycles. The Kier molecular flexibility index (Phi) is 3.79. The van der Waals surface area contributed by atoms with Crippen molar-refractivity contribution in [3.8, 4) is 0 Å². The van der Waals surface area contributed by atoms with E-state index < -0.39 is 11.5 Å². The molecule has 0 amide bonds. The SMILES string of the molecule is O=[N+]([O-])c1cn[nH]c1C1=C(OC(F)F)CCC(Cl)=C1. The van der Waals surface area contributed by atoms with Crippen LogP contribution in [0.4, 0.5) is 14.5 Å². The molecule has 0 radical (unpaired) electrons. The number of aromatic nitrogens is 2. The van der Waals surface area contributed by atoms with E-state index in [0.29, 0.717) is 11.5 Å². The summed E-state index contributed by atoms with van der Waals surface area (Å²) < 4.78 is 29.0. The summed E-state index contributed by atoms with van der Waals surface area (Å²) in [5.74, 6) is -0.0493. The maximum Gasteiger partial charge on any atom is 0.387 e. The number of rotatable bonds is 4. The van der Waals surface area contributed by atoms with Crippen molar-refractivity contribution < 1.29 is 18.4 Å². The second-order valence-corrected chi connectivity index (χ2v) is 4.18. The van der Waals surface area contributed by atoms with Crippen LogP contribution in [0.2, 0.25) is 0 Å². The Morgan fingerprint density at radius 1 is 1.53 bits per heavy atom. The first-order chi connectivity index (χ1) is 8.99. The molecule has 1 aliphatic carbocycles. The Morgan fingerprint density at radius 2 is 2.26 bits per heavy atom. The van der Waals surface area contributed by atoms with E-state index in [-0.39, 0.29) is 29.1 Å². The highest BCUT2D eigenvalue weighted by molar-refractivity contribution is 6.30. The van der Waals surface area contributed by atoms with E-state index in [9.17, 15) is 18.9 Å². The molecule has 6 nitrogen and oxygen atoms in total. The van der Waals surface area contributed by atoms with E-state index in [0.717, 1.165) is 6.20 Å². The van der Waals surface area contributed by atoms with Crippen molar-refractivity contribution in [3.63, 3.8) is 0 Å². The highest BCUT2D eigenvalue weighted by Gasteiger charge is 2.26. The first kappa shape index (κ1) is 13.5. The van der Waals surface area contributed by atoms with Crippen molar-refractivity contribution in [2.45, 2.75) is 19.5 Å². The van der Waals surface area contributed by atoms with Crippen LogP contribution in [0.3, 0.4) is 0 Å². The maximum atomic E-state index is 12.3. The zero-order valence-electron chi connectivity index (χ0n) is 9.40. The summed E-state index contributed by atoms with van der Waals surface area (Å²) in [6.45, 7) is -3.00. The van der Waals surface area contributed by atoms with Gasteiger partial charge in [-0.2, -0.15) is 13.9 Å². The minimum Gasteiger partial charge on any atom is -0.439 e. The highest BCUT2D eigenvalue weighted by Crippen LogP contribution is 2.36. The van der Waals surface area contributed by atoms with Gasteiger partial charge in [-0.1, -0.05) is 11.6 Å².